The van der Waals surface area contributed by atoms with Gasteiger partial charge in [-0.3, -0.25) is 9.78 Å². The van der Waals surface area contributed by atoms with Gasteiger partial charge < -0.3 is 10.2 Å². The average molecular weight is 350 g/mol. The summed E-state index contributed by atoms with van der Waals surface area (Å²) in [5.41, 5.74) is 2.02. The van der Waals surface area contributed by atoms with Crippen LogP contribution in [0.1, 0.15) is 29.8 Å². The van der Waals surface area contributed by atoms with Gasteiger partial charge in [-0.05, 0) is 49.6 Å². The molecule has 1 aromatic carbocycles. The molecule has 0 aliphatic carbocycles. The van der Waals surface area contributed by atoms with Gasteiger partial charge in [0.25, 0.3) is 5.91 Å². The lowest BCUT2D eigenvalue weighted by molar-refractivity contribution is 0.102. The third-order valence-electron chi connectivity index (χ3n) is 3.87. The molecule has 0 radical (unpaired) electrons. The molecule has 1 N–H and O–H groups in total. The number of amides is 1. The minimum Gasteiger partial charge on any atom is -0.371 e. The van der Waals surface area contributed by atoms with E-state index >= 15 is 0 Å². The van der Waals surface area contributed by atoms with Crippen molar-refractivity contribution in [2.75, 3.05) is 23.3 Å². The first-order chi connectivity index (χ1) is 11.1. The number of nitrogens with zero attached hydrogens (tertiary/aromatic N) is 2. The minimum absolute atomic E-state index is 0.262. The van der Waals surface area contributed by atoms with E-state index in [4.69, 9.17) is 23.2 Å². The molecule has 0 atom stereocenters. The van der Waals surface area contributed by atoms with Gasteiger partial charge in [0.15, 0.2) is 0 Å². The van der Waals surface area contributed by atoms with Crippen molar-refractivity contribution in [3.63, 3.8) is 0 Å². The summed E-state index contributed by atoms with van der Waals surface area (Å²) in [7, 11) is 0. The second-order valence-electron chi connectivity index (χ2n) is 5.53. The zero-order valence-corrected chi connectivity index (χ0v) is 14.1. The molecule has 0 spiro atoms. The average Bonchev–Trinajstić information content (AvgIpc) is 2.59. The maximum absolute atomic E-state index is 12.4. The van der Waals surface area contributed by atoms with E-state index in [9.17, 15) is 4.79 Å². The second-order valence-corrected chi connectivity index (χ2v) is 6.34. The zero-order chi connectivity index (χ0) is 16.2. The first-order valence-corrected chi connectivity index (χ1v) is 8.36. The maximum atomic E-state index is 12.4. The lowest BCUT2D eigenvalue weighted by atomic mass is 10.1. The summed E-state index contributed by atoms with van der Waals surface area (Å²) >= 11 is 11.8. The van der Waals surface area contributed by atoms with E-state index in [1.807, 2.05) is 12.1 Å². The van der Waals surface area contributed by atoms with Crippen LogP contribution in [0.3, 0.4) is 0 Å². The van der Waals surface area contributed by atoms with E-state index in [-0.39, 0.29) is 5.91 Å². The van der Waals surface area contributed by atoms with E-state index < -0.39 is 0 Å². The fraction of sp³-hybridized carbons (Fsp3) is 0.294. The summed E-state index contributed by atoms with van der Waals surface area (Å²) in [5, 5.41) is 3.65. The van der Waals surface area contributed by atoms with Gasteiger partial charge in [-0.25, -0.2) is 0 Å². The van der Waals surface area contributed by atoms with Crippen LogP contribution < -0.4 is 10.2 Å². The number of rotatable bonds is 3. The Hall–Kier alpha value is -1.78. The molecule has 3 rings (SSSR count). The molecule has 4 nitrogen and oxygen atoms in total. The van der Waals surface area contributed by atoms with Crippen LogP contribution >= 0.6 is 23.2 Å². The highest BCUT2D eigenvalue weighted by Gasteiger charge is 2.14. The van der Waals surface area contributed by atoms with Crippen LogP contribution in [-0.4, -0.2) is 24.0 Å². The fourth-order valence-corrected chi connectivity index (χ4v) is 2.96. The molecule has 1 aliphatic heterocycles. The van der Waals surface area contributed by atoms with E-state index in [2.05, 4.69) is 15.2 Å². The third-order valence-corrected chi connectivity index (χ3v) is 4.61. The molecule has 1 aromatic heterocycles. The van der Waals surface area contributed by atoms with Gasteiger partial charge in [0, 0.05) is 30.7 Å². The molecule has 1 fully saturated rings. The smallest absolute Gasteiger partial charge is 0.274 e. The van der Waals surface area contributed by atoms with Crippen molar-refractivity contribution >= 4 is 40.5 Å². The molecular formula is C17H17Cl2N3O. The first-order valence-electron chi connectivity index (χ1n) is 7.61. The fourth-order valence-electron chi connectivity index (χ4n) is 2.66. The maximum Gasteiger partial charge on any atom is 0.274 e. The van der Waals surface area contributed by atoms with E-state index in [1.165, 1.54) is 19.3 Å². The van der Waals surface area contributed by atoms with Gasteiger partial charge in [-0.2, -0.15) is 0 Å². The molecule has 2 heterocycles. The van der Waals surface area contributed by atoms with Crippen LogP contribution in [0.4, 0.5) is 11.4 Å². The number of carbonyl (C=O) groups excluding carboxylic acids is 1. The number of hydrogen-bond donors (Lipinski definition) is 1. The van der Waals surface area contributed by atoms with Crippen LogP contribution in [0.5, 0.6) is 0 Å². The van der Waals surface area contributed by atoms with Crippen molar-refractivity contribution in [3.05, 3.63) is 52.3 Å². The number of halogens is 2. The standard InChI is InChI=1S/C17H17Cl2N3O/c18-14-5-4-12(10-15(14)19)21-17(23)16-11-13(6-7-20-16)22-8-2-1-3-9-22/h4-7,10-11H,1-3,8-9H2,(H,21,23). The van der Waals surface area contributed by atoms with Crippen LogP contribution in [0.25, 0.3) is 0 Å². The Bertz CT molecular complexity index is 715. The lowest BCUT2D eigenvalue weighted by Crippen LogP contribution is -2.29. The van der Waals surface area contributed by atoms with E-state index in [0.29, 0.717) is 21.4 Å². The Morgan fingerprint density at radius 1 is 1.04 bits per heavy atom. The van der Waals surface area contributed by atoms with Crippen LogP contribution in [-0.2, 0) is 0 Å². The molecule has 23 heavy (non-hydrogen) atoms. The molecule has 0 unspecified atom stereocenters. The molecular weight excluding hydrogens is 333 g/mol. The Morgan fingerprint density at radius 2 is 1.83 bits per heavy atom. The summed E-state index contributed by atoms with van der Waals surface area (Å²) in [6.07, 6.45) is 5.32. The zero-order valence-electron chi connectivity index (χ0n) is 12.6. The molecule has 2 aromatic rings. The van der Waals surface area contributed by atoms with Gasteiger partial charge in [-0.15, -0.1) is 0 Å². The number of nitrogens with one attached hydrogen (secondary N) is 1. The van der Waals surface area contributed by atoms with Crippen LogP contribution in [0.15, 0.2) is 36.5 Å². The van der Waals surface area contributed by atoms with E-state index in [0.717, 1.165) is 18.8 Å². The number of pyridine rings is 1. The van der Waals surface area contributed by atoms with Crippen molar-refractivity contribution < 1.29 is 4.79 Å². The van der Waals surface area contributed by atoms with Gasteiger partial charge >= 0.3 is 0 Å². The predicted octanol–water partition coefficient (Wildman–Crippen LogP) is 4.63. The van der Waals surface area contributed by atoms with Crippen LogP contribution in [0.2, 0.25) is 10.0 Å². The number of piperidine rings is 1. The van der Waals surface area contributed by atoms with Gasteiger partial charge in [-0.1, -0.05) is 23.2 Å². The van der Waals surface area contributed by atoms with Crippen LogP contribution in [0, 0.1) is 0 Å². The summed E-state index contributed by atoms with van der Waals surface area (Å²) in [6, 6.07) is 8.76. The SMILES string of the molecule is O=C(Nc1ccc(Cl)c(Cl)c1)c1cc(N2CCCCC2)ccn1. The van der Waals surface area contributed by atoms with Crippen molar-refractivity contribution in [1.82, 2.24) is 4.98 Å². The molecule has 1 saturated heterocycles. The van der Waals surface area contributed by atoms with Crippen molar-refractivity contribution in [2.45, 2.75) is 19.3 Å². The topological polar surface area (TPSA) is 45.2 Å². The van der Waals surface area contributed by atoms with Crippen molar-refractivity contribution in [1.29, 1.82) is 0 Å². The highest BCUT2D eigenvalue weighted by molar-refractivity contribution is 6.42. The van der Waals surface area contributed by atoms with Crippen molar-refractivity contribution in [2.24, 2.45) is 0 Å². The molecule has 1 amide bonds. The molecule has 120 valence electrons. The Kier molecular flexibility index (Phi) is 5.03. The van der Waals surface area contributed by atoms with Gasteiger partial charge in [0.05, 0.1) is 10.0 Å². The monoisotopic (exact) mass is 349 g/mol. The number of benzene rings is 1. The normalized spacial score (nSPS) is 14.6. The Morgan fingerprint density at radius 3 is 2.57 bits per heavy atom. The highest BCUT2D eigenvalue weighted by Crippen LogP contribution is 2.25. The lowest BCUT2D eigenvalue weighted by Gasteiger charge is -2.28. The summed E-state index contributed by atoms with van der Waals surface area (Å²) in [4.78, 5) is 18.8. The summed E-state index contributed by atoms with van der Waals surface area (Å²) in [5.74, 6) is -0.262. The largest absolute Gasteiger partial charge is 0.371 e. The first kappa shape index (κ1) is 16.1. The molecule has 0 bridgehead atoms. The second kappa shape index (κ2) is 7.20. The summed E-state index contributed by atoms with van der Waals surface area (Å²) in [6.45, 7) is 2.05. The number of anilines is 2. The Labute approximate surface area is 145 Å². The Balaban J connectivity index is 1.75. The number of hydrogen-bond acceptors (Lipinski definition) is 3. The number of aromatic nitrogens is 1. The molecule has 6 heteroatoms. The summed E-state index contributed by atoms with van der Waals surface area (Å²) < 4.78 is 0. The molecule has 1 aliphatic rings. The minimum atomic E-state index is -0.262. The quantitative estimate of drug-likeness (QED) is 0.878. The predicted molar refractivity (Wildman–Crippen MR) is 94.7 cm³/mol. The highest BCUT2D eigenvalue weighted by atomic mass is 35.5. The van der Waals surface area contributed by atoms with Gasteiger partial charge in [0.2, 0.25) is 0 Å². The van der Waals surface area contributed by atoms with E-state index in [1.54, 1.807) is 24.4 Å². The molecule has 0 saturated carbocycles. The van der Waals surface area contributed by atoms with Gasteiger partial charge in [0.1, 0.15) is 5.69 Å². The third kappa shape index (κ3) is 3.95. The number of carbonyl (C=O) groups is 1. The van der Waals surface area contributed by atoms with Crippen molar-refractivity contribution in [3.8, 4) is 0 Å².